The van der Waals surface area contributed by atoms with Crippen LogP contribution >= 0.6 is 0 Å². The number of pyridine rings is 1. The van der Waals surface area contributed by atoms with Gasteiger partial charge in [0, 0.05) is 26.2 Å². The van der Waals surface area contributed by atoms with Crippen LogP contribution in [-0.2, 0) is 4.79 Å². The topological polar surface area (TPSA) is 71.1 Å². The predicted octanol–water partition coefficient (Wildman–Crippen LogP) is 2.89. The van der Waals surface area contributed by atoms with Gasteiger partial charge < -0.3 is 9.64 Å². The predicted molar refractivity (Wildman–Crippen MR) is 91.5 cm³/mol. The fourth-order valence-electron chi connectivity index (χ4n) is 3.19. The first-order valence-electron chi connectivity index (χ1n) is 8.45. The zero-order valence-electron chi connectivity index (χ0n) is 14.2. The van der Waals surface area contributed by atoms with E-state index < -0.39 is 0 Å². The summed E-state index contributed by atoms with van der Waals surface area (Å²) in [5.74, 6) is 1.49. The molecule has 0 atom stereocenters. The van der Waals surface area contributed by atoms with Crippen molar-refractivity contribution < 1.29 is 9.53 Å². The highest BCUT2D eigenvalue weighted by atomic mass is 16.5. The molecule has 0 radical (unpaired) electrons. The number of nitrogens with one attached hydrogen (secondary N) is 1. The van der Waals surface area contributed by atoms with Crippen molar-refractivity contribution >= 4 is 5.91 Å². The van der Waals surface area contributed by atoms with Crippen LogP contribution in [0.15, 0.2) is 30.6 Å². The van der Waals surface area contributed by atoms with Gasteiger partial charge in [0.05, 0.1) is 24.2 Å². The minimum atomic E-state index is 0.151. The lowest BCUT2D eigenvalue weighted by Crippen LogP contribution is -2.38. The number of amides is 1. The van der Waals surface area contributed by atoms with E-state index in [1.54, 1.807) is 19.3 Å². The highest BCUT2D eigenvalue weighted by molar-refractivity contribution is 5.73. The fourth-order valence-corrected chi connectivity index (χ4v) is 3.19. The van der Waals surface area contributed by atoms with Crippen LogP contribution in [0.25, 0.3) is 11.4 Å². The SMILES string of the molecule is CC(=O)N(C)C1CCC(COc2ccc(-c3ccn[nH]3)nc2)CC1. The molecule has 1 aliphatic rings. The van der Waals surface area contributed by atoms with Gasteiger partial charge in [-0.3, -0.25) is 14.9 Å². The van der Waals surface area contributed by atoms with Crippen LogP contribution < -0.4 is 4.74 Å². The molecule has 0 unspecified atom stereocenters. The number of aromatic nitrogens is 3. The van der Waals surface area contributed by atoms with Crippen molar-refractivity contribution in [2.75, 3.05) is 13.7 Å². The highest BCUT2D eigenvalue weighted by Gasteiger charge is 2.25. The van der Waals surface area contributed by atoms with E-state index in [1.807, 2.05) is 30.1 Å². The molecule has 1 aliphatic carbocycles. The second-order valence-electron chi connectivity index (χ2n) is 6.46. The molecule has 2 aromatic rings. The molecule has 0 aromatic carbocycles. The standard InChI is InChI=1S/C18H24N4O2/c1-13(23)22(2)15-5-3-14(4-6-15)12-24-16-7-8-17(19-11-16)18-9-10-20-21-18/h7-11,14-15H,3-6,12H2,1-2H3,(H,20,21). The highest BCUT2D eigenvalue weighted by Crippen LogP contribution is 2.28. The second-order valence-corrected chi connectivity index (χ2v) is 6.46. The molecular weight excluding hydrogens is 304 g/mol. The van der Waals surface area contributed by atoms with Crippen LogP contribution in [-0.4, -0.2) is 45.7 Å². The quantitative estimate of drug-likeness (QED) is 0.916. The Balaban J connectivity index is 1.46. The molecule has 1 N–H and O–H groups in total. The van der Waals surface area contributed by atoms with Gasteiger partial charge in [-0.15, -0.1) is 0 Å². The molecule has 0 saturated heterocycles. The van der Waals surface area contributed by atoms with Crippen molar-refractivity contribution in [3.63, 3.8) is 0 Å². The third-order valence-corrected chi connectivity index (χ3v) is 4.86. The maximum absolute atomic E-state index is 11.4. The third kappa shape index (κ3) is 3.93. The van der Waals surface area contributed by atoms with E-state index in [0.717, 1.165) is 42.8 Å². The average molecular weight is 328 g/mol. The minimum absolute atomic E-state index is 0.151. The van der Waals surface area contributed by atoms with Gasteiger partial charge in [-0.2, -0.15) is 5.10 Å². The van der Waals surface area contributed by atoms with E-state index in [2.05, 4.69) is 15.2 Å². The van der Waals surface area contributed by atoms with Crippen molar-refractivity contribution in [2.24, 2.45) is 5.92 Å². The lowest BCUT2D eigenvalue weighted by Gasteiger charge is -2.34. The first-order chi connectivity index (χ1) is 11.6. The molecule has 1 saturated carbocycles. The Labute approximate surface area is 142 Å². The molecule has 24 heavy (non-hydrogen) atoms. The molecule has 6 heteroatoms. The van der Waals surface area contributed by atoms with Crippen molar-refractivity contribution in [3.8, 4) is 17.1 Å². The van der Waals surface area contributed by atoms with E-state index in [1.165, 1.54) is 0 Å². The summed E-state index contributed by atoms with van der Waals surface area (Å²) in [5, 5.41) is 6.82. The zero-order chi connectivity index (χ0) is 16.9. The zero-order valence-corrected chi connectivity index (χ0v) is 14.2. The van der Waals surface area contributed by atoms with Crippen LogP contribution in [0.1, 0.15) is 32.6 Å². The number of hydrogen-bond donors (Lipinski definition) is 1. The van der Waals surface area contributed by atoms with E-state index >= 15 is 0 Å². The monoisotopic (exact) mass is 328 g/mol. The Morgan fingerprint density at radius 1 is 1.29 bits per heavy atom. The Morgan fingerprint density at radius 3 is 2.67 bits per heavy atom. The summed E-state index contributed by atoms with van der Waals surface area (Å²) >= 11 is 0. The van der Waals surface area contributed by atoms with Crippen molar-refractivity contribution in [1.29, 1.82) is 0 Å². The summed E-state index contributed by atoms with van der Waals surface area (Å²) in [6, 6.07) is 6.15. The lowest BCUT2D eigenvalue weighted by molar-refractivity contribution is -0.130. The molecule has 1 fully saturated rings. The number of aromatic amines is 1. The van der Waals surface area contributed by atoms with Gasteiger partial charge in [-0.05, 0) is 49.8 Å². The number of ether oxygens (including phenoxy) is 1. The van der Waals surface area contributed by atoms with E-state index in [0.29, 0.717) is 18.6 Å². The molecule has 0 bridgehead atoms. The minimum Gasteiger partial charge on any atom is -0.492 e. The fraction of sp³-hybridized carbons (Fsp3) is 0.500. The Bertz CT molecular complexity index is 646. The Morgan fingerprint density at radius 2 is 2.08 bits per heavy atom. The van der Waals surface area contributed by atoms with E-state index in [-0.39, 0.29) is 5.91 Å². The first-order valence-corrected chi connectivity index (χ1v) is 8.45. The van der Waals surface area contributed by atoms with Crippen molar-refractivity contribution in [3.05, 3.63) is 30.6 Å². The van der Waals surface area contributed by atoms with Crippen molar-refractivity contribution in [1.82, 2.24) is 20.1 Å². The molecule has 1 amide bonds. The van der Waals surface area contributed by atoms with Crippen LogP contribution in [0.4, 0.5) is 0 Å². The Kier molecular flexibility index (Phi) is 5.13. The molecule has 6 nitrogen and oxygen atoms in total. The van der Waals surface area contributed by atoms with Crippen LogP contribution in [0.5, 0.6) is 5.75 Å². The van der Waals surface area contributed by atoms with E-state index in [4.69, 9.17) is 4.74 Å². The van der Waals surface area contributed by atoms with Crippen LogP contribution in [0.2, 0.25) is 0 Å². The number of rotatable bonds is 5. The second kappa shape index (κ2) is 7.47. The number of H-pyrrole nitrogens is 1. The molecule has 2 aromatic heterocycles. The van der Waals surface area contributed by atoms with Gasteiger partial charge in [-0.1, -0.05) is 0 Å². The van der Waals surface area contributed by atoms with Gasteiger partial charge in [0.15, 0.2) is 0 Å². The van der Waals surface area contributed by atoms with Crippen LogP contribution in [0.3, 0.4) is 0 Å². The number of carbonyl (C=O) groups excluding carboxylic acids is 1. The summed E-state index contributed by atoms with van der Waals surface area (Å²) in [4.78, 5) is 17.7. The number of carbonyl (C=O) groups is 1. The number of hydrogen-bond acceptors (Lipinski definition) is 4. The summed E-state index contributed by atoms with van der Waals surface area (Å²) in [6.45, 7) is 2.34. The molecular formula is C18H24N4O2. The van der Waals surface area contributed by atoms with Gasteiger partial charge in [-0.25, -0.2) is 0 Å². The van der Waals surface area contributed by atoms with Crippen molar-refractivity contribution in [2.45, 2.75) is 38.6 Å². The van der Waals surface area contributed by atoms with Gasteiger partial charge in [0.1, 0.15) is 5.75 Å². The summed E-state index contributed by atoms with van der Waals surface area (Å²) < 4.78 is 5.89. The molecule has 2 heterocycles. The summed E-state index contributed by atoms with van der Waals surface area (Å²) in [5.41, 5.74) is 1.75. The largest absolute Gasteiger partial charge is 0.492 e. The molecule has 0 aliphatic heterocycles. The maximum atomic E-state index is 11.4. The summed E-state index contributed by atoms with van der Waals surface area (Å²) in [7, 11) is 1.90. The lowest BCUT2D eigenvalue weighted by atomic mass is 9.86. The normalized spacial score (nSPS) is 20.6. The van der Waals surface area contributed by atoms with Gasteiger partial charge in [0.25, 0.3) is 0 Å². The first kappa shape index (κ1) is 16.5. The smallest absolute Gasteiger partial charge is 0.219 e. The van der Waals surface area contributed by atoms with Crippen LogP contribution in [0, 0.1) is 5.92 Å². The van der Waals surface area contributed by atoms with Gasteiger partial charge in [0.2, 0.25) is 5.91 Å². The third-order valence-electron chi connectivity index (χ3n) is 4.86. The van der Waals surface area contributed by atoms with Gasteiger partial charge >= 0.3 is 0 Å². The Hall–Kier alpha value is -2.37. The average Bonchev–Trinajstić information content (AvgIpc) is 3.15. The molecule has 128 valence electrons. The summed E-state index contributed by atoms with van der Waals surface area (Å²) in [6.07, 6.45) is 7.78. The maximum Gasteiger partial charge on any atom is 0.219 e. The number of nitrogens with zero attached hydrogens (tertiary/aromatic N) is 3. The molecule has 3 rings (SSSR count). The molecule has 0 spiro atoms. The van der Waals surface area contributed by atoms with E-state index in [9.17, 15) is 4.79 Å².